The second-order valence-corrected chi connectivity index (χ2v) is 6.19. The fourth-order valence-electron chi connectivity index (χ4n) is 1.70. The van der Waals surface area contributed by atoms with Gasteiger partial charge in [0.25, 0.3) is 0 Å². The first-order valence-electron chi connectivity index (χ1n) is 6.58. The number of rotatable bonds is 6. The van der Waals surface area contributed by atoms with Crippen LogP contribution in [0.25, 0.3) is 0 Å². The molecular formula is C15H24BrNO. The maximum absolute atomic E-state index is 6.23. The van der Waals surface area contributed by atoms with Crippen LogP contribution in [0.4, 0.5) is 0 Å². The lowest BCUT2D eigenvalue weighted by Gasteiger charge is -2.33. The van der Waals surface area contributed by atoms with Gasteiger partial charge in [0.15, 0.2) is 0 Å². The van der Waals surface area contributed by atoms with Crippen molar-refractivity contribution in [3.05, 3.63) is 34.3 Å². The van der Waals surface area contributed by atoms with Crippen LogP contribution in [0.2, 0.25) is 0 Å². The second kappa shape index (κ2) is 6.69. The first-order valence-corrected chi connectivity index (χ1v) is 7.37. The first-order chi connectivity index (χ1) is 8.39. The average Bonchev–Trinajstić information content (AvgIpc) is 2.36. The Balaban J connectivity index is 2.95. The van der Waals surface area contributed by atoms with Crippen molar-refractivity contribution in [2.24, 2.45) is 5.73 Å². The van der Waals surface area contributed by atoms with Gasteiger partial charge >= 0.3 is 0 Å². The van der Waals surface area contributed by atoms with Gasteiger partial charge in [0.1, 0.15) is 0 Å². The molecule has 18 heavy (non-hydrogen) atoms. The van der Waals surface area contributed by atoms with Gasteiger partial charge in [-0.1, -0.05) is 41.9 Å². The lowest BCUT2D eigenvalue weighted by atomic mass is 9.98. The molecule has 0 aromatic heterocycles. The van der Waals surface area contributed by atoms with E-state index in [0.29, 0.717) is 0 Å². The highest BCUT2D eigenvalue weighted by Gasteiger charge is 2.26. The van der Waals surface area contributed by atoms with Crippen molar-refractivity contribution in [3.63, 3.8) is 0 Å². The highest BCUT2D eigenvalue weighted by Crippen LogP contribution is 2.30. The molecule has 1 aromatic rings. The van der Waals surface area contributed by atoms with Crippen molar-refractivity contribution < 1.29 is 4.74 Å². The Morgan fingerprint density at radius 2 is 1.78 bits per heavy atom. The van der Waals surface area contributed by atoms with Gasteiger partial charge in [0.05, 0.1) is 11.7 Å². The normalized spacial score (nSPS) is 15.4. The summed E-state index contributed by atoms with van der Waals surface area (Å²) in [7, 11) is 0. The van der Waals surface area contributed by atoms with Gasteiger partial charge in [0.2, 0.25) is 0 Å². The van der Waals surface area contributed by atoms with E-state index >= 15 is 0 Å². The molecule has 0 amide bonds. The summed E-state index contributed by atoms with van der Waals surface area (Å²) in [5, 5.41) is 0. The molecular weight excluding hydrogens is 290 g/mol. The Kier molecular flexibility index (Phi) is 5.83. The quantitative estimate of drug-likeness (QED) is 0.843. The second-order valence-electron chi connectivity index (χ2n) is 5.28. The fourth-order valence-corrected chi connectivity index (χ4v) is 1.96. The Hall–Kier alpha value is -0.380. The number of benzene rings is 1. The maximum atomic E-state index is 6.23. The standard InChI is InChI=1S/C15H24BrNO/c1-5-13(17)14(18-15(3,4)6-2)11-7-9-12(16)10-8-11/h7-10,13-14H,5-6,17H2,1-4H3. The van der Waals surface area contributed by atoms with Crippen molar-refractivity contribution in [2.45, 2.75) is 58.3 Å². The Morgan fingerprint density at radius 3 is 2.22 bits per heavy atom. The Bertz CT molecular complexity index is 361. The molecule has 0 saturated carbocycles. The molecule has 2 unspecified atom stereocenters. The van der Waals surface area contributed by atoms with Crippen LogP contribution in [0, 0.1) is 0 Å². The zero-order valence-electron chi connectivity index (χ0n) is 11.7. The van der Waals surface area contributed by atoms with Crippen molar-refractivity contribution >= 4 is 15.9 Å². The third-order valence-corrected chi connectivity index (χ3v) is 3.88. The molecule has 0 fully saturated rings. The van der Waals surface area contributed by atoms with E-state index in [-0.39, 0.29) is 17.7 Å². The van der Waals surface area contributed by atoms with Gasteiger partial charge in [-0.15, -0.1) is 0 Å². The summed E-state index contributed by atoms with van der Waals surface area (Å²) in [4.78, 5) is 0. The topological polar surface area (TPSA) is 35.2 Å². The zero-order valence-corrected chi connectivity index (χ0v) is 13.3. The number of nitrogens with two attached hydrogens (primary N) is 1. The summed E-state index contributed by atoms with van der Waals surface area (Å²) < 4.78 is 7.30. The van der Waals surface area contributed by atoms with Crippen molar-refractivity contribution in [1.29, 1.82) is 0 Å². The van der Waals surface area contributed by atoms with E-state index in [2.05, 4.69) is 55.8 Å². The molecule has 0 aliphatic heterocycles. The third kappa shape index (κ3) is 4.38. The van der Waals surface area contributed by atoms with Gasteiger partial charge in [-0.3, -0.25) is 0 Å². The van der Waals surface area contributed by atoms with Crippen LogP contribution in [0.1, 0.15) is 52.2 Å². The van der Waals surface area contributed by atoms with Gasteiger partial charge in [0, 0.05) is 10.5 Å². The van der Waals surface area contributed by atoms with Crippen LogP contribution in [-0.4, -0.2) is 11.6 Å². The van der Waals surface area contributed by atoms with Crippen molar-refractivity contribution in [1.82, 2.24) is 0 Å². The summed E-state index contributed by atoms with van der Waals surface area (Å²) in [6, 6.07) is 8.25. The molecule has 0 aliphatic carbocycles. The number of hydrogen-bond donors (Lipinski definition) is 1. The minimum Gasteiger partial charge on any atom is -0.366 e. The minimum atomic E-state index is -0.148. The molecule has 0 saturated heterocycles. The summed E-state index contributed by atoms with van der Waals surface area (Å²) >= 11 is 3.45. The molecule has 3 heteroatoms. The van der Waals surface area contributed by atoms with E-state index in [1.54, 1.807) is 0 Å². The third-order valence-electron chi connectivity index (χ3n) is 3.36. The van der Waals surface area contributed by atoms with E-state index in [4.69, 9.17) is 10.5 Å². The van der Waals surface area contributed by atoms with Crippen LogP contribution >= 0.6 is 15.9 Å². The molecule has 1 rings (SSSR count). The largest absolute Gasteiger partial charge is 0.366 e. The highest BCUT2D eigenvalue weighted by molar-refractivity contribution is 9.10. The fraction of sp³-hybridized carbons (Fsp3) is 0.600. The summed E-state index contributed by atoms with van der Waals surface area (Å²) in [6.07, 6.45) is 1.83. The molecule has 0 aliphatic rings. The van der Waals surface area contributed by atoms with Crippen LogP contribution in [0.3, 0.4) is 0 Å². The predicted octanol–water partition coefficient (Wildman–Crippen LogP) is 4.43. The lowest BCUT2D eigenvalue weighted by molar-refractivity contribution is -0.0858. The average molecular weight is 314 g/mol. The summed E-state index contributed by atoms with van der Waals surface area (Å²) in [5.74, 6) is 0. The van der Waals surface area contributed by atoms with E-state index in [1.807, 2.05) is 12.1 Å². The molecule has 1 aromatic carbocycles. The zero-order chi connectivity index (χ0) is 13.8. The SMILES string of the molecule is CCC(N)C(OC(C)(C)CC)c1ccc(Br)cc1. The van der Waals surface area contributed by atoms with Gasteiger partial charge < -0.3 is 10.5 Å². The highest BCUT2D eigenvalue weighted by atomic mass is 79.9. The van der Waals surface area contributed by atoms with Crippen molar-refractivity contribution in [2.75, 3.05) is 0 Å². The van der Waals surface area contributed by atoms with Crippen LogP contribution in [0.5, 0.6) is 0 Å². The minimum absolute atomic E-state index is 0.0250. The van der Waals surface area contributed by atoms with E-state index in [9.17, 15) is 0 Å². The first kappa shape index (κ1) is 15.7. The van der Waals surface area contributed by atoms with Crippen LogP contribution in [0.15, 0.2) is 28.7 Å². The molecule has 0 heterocycles. The predicted molar refractivity (Wildman–Crippen MR) is 80.6 cm³/mol. The van der Waals surface area contributed by atoms with Crippen molar-refractivity contribution in [3.8, 4) is 0 Å². The van der Waals surface area contributed by atoms with Gasteiger partial charge in [-0.05, 0) is 44.4 Å². The van der Waals surface area contributed by atoms with Gasteiger partial charge in [-0.25, -0.2) is 0 Å². The number of ether oxygens (including phenoxy) is 1. The lowest BCUT2D eigenvalue weighted by Crippen LogP contribution is -2.36. The molecule has 0 spiro atoms. The van der Waals surface area contributed by atoms with E-state index in [1.165, 1.54) is 0 Å². The Labute approximate surface area is 119 Å². The molecule has 2 N–H and O–H groups in total. The van der Waals surface area contributed by atoms with Gasteiger partial charge in [-0.2, -0.15) is 0 Å². The monoisotopic (exact) mass is 313 g/mol. The van der Waals surface area contributed by atoms with E-state index < -0.39 is 0 Å². The number of hydrogen-bond acceptors (Lipinski definition) is 2. The van der Waals surface area contributed by atoms with Crippen LogP contribution < -0.4 is 5.73 Å². The number of halogens is 1. The summed E-state index contributed by atoms with van der Waals surface area (Å²) in [6.45, 7) is 8.46. The molecule has 0 radical (unpaired) electrons. The van der Waals surface area contributed by atoms with Crippen LogP contribution in [-0.2, 0) is 4.74 Å². The smallest absolute Gasteiger partial charge is 0.0982 e. The molecule has 0 bridgehead atoms. The molecule has 2 nitrogen and oxygen atoms in total. The summed E-state index contributed by atoms with van der Waals surface area (Å²) in [5.41, 5.74) is 7.21. The van der Waals surface area contributed by atoms with E-state index in [0.717, 1.165) is 22.9 Å². The molecule has 102 valence electrons. The maximum Gasteiger partial charge on any atom is 0.0982 e. The Morgan fingerprint density at radius 1 is 1.22 bits per heavy atom. The molecule has 2 atom stereocenters.